The Labute approximate surface area is 172 Å². The van der Waals surface area contributed by atoms with Gasteiger partial charge in [0.05, 0.1) is 29.7 Å². The van der Waals surface area contributed by atoms with Crippen LogP contribution >= 0.6 is 0 Å². The second-order valence-corrected chi connectivity index (χ2v) is 7.20. The van der Waals surface area contributed by atoms with E-state index in [4.69, 9.17) is 9.84 Å². The van der Waals surface area contributed by atoms with Gasteiger partial charge in [-0.05, 0) is 62.2 Å². The molecule has 0 saturated carbocycles. The third-order valence-corrected chi connectivity index (χ3v) is 4.91. The highest BCUT2D eigenvalue weighted by Gasteiger charge is 2.31. The maximum absolute atomic E-state index is 12.9. The van der Waals surface area contributed by atoms with E-state index in [1.165, 1.54) is 12.1 Å². The molecule has 160 valence electrons. The number of benzene rings is 2. The van der Waals surface area contributed by atoms with E-state index < -0.39 is 17.3 Å². The van der Waals surface area contributed by atoms with E-state index >= 15 is 0 Å². The Morgan fingerprint density at radius 3 is 2.20 bits per heavy atom. The van der Waals surface area contributed by atoms with Crippen molar-refractivity contribution in [3.8, 4) is 22.7 Å². The smallest absolute Gasteiger partial charge is 0.416 e. The van der Waals surface area contributed by atoms with Crippen LogP contribution in [0.15, 0.2) is 54.6 Å². The van der Waals surface area contributed by atoms with E-state index in [0.29, 0.717) is 34.8 Å². The maximum Gasteiger partial charge on any atom is 0.416 e. The summed E-state index contributed by atoms with van der Waals surface area (Å²) in [5.41, 5.74) is 0.0402. The summed E-state index contributed by atoms with van der Waals surface area (Å²) in [6, 6.07) is 13.5. The molecule has 0 radical (unpaired) electrons. The number of aliphatic hydroxyl groups excluding tert-OH is 1. The van der Waals surface area contributed by atoms with Crippen molar-refractivity contribution in [1.29, 1.82) is 0 Å². The quantitative estimate of drug-likeness (QED) is 0.589. The fourth-order valence-electron chi connectivity index (χ4n) is 3.15. The zero-order chi connectivity index (χ0) is 21.9. The first-order valence-electron chi connectivity index (χ1n) is 9.41. The van der Waals surface area contributed by atoms with Crippen molar-refractivity contribution in [2.45, 2.75) is 31.5 Å². The molecule has 0 bridgehead atoms. The number of rotatable bonds is 7. The number of ether oxygens (including phenoxy) is 1. The summed E-state index contributed by atoms with van der Waals surface area (Å²) in [5, 5.41) is 24.4. The van der Waals surface area contributed by atoms with Gasteiger partial charge in [0, 0.05) is 12.2 Å². The van der Waals surface area contributed by atoms with Crippen molar-refractivity contribution in [3.05, 3.63) is 65.9 Å². The summed E-state index contributed by atoms with van der Waals surface area (Å²) in [4.78, 5) is 0. The molecule has 1 unspecified atom stereocenters. The molecule has 0 aliphatic heterocycles. The minimum absolute atomic E-state index is 0.0684. The monoisotopic (exact) mass is 420 g/mol. The minimum atomic E-state index is -4.42. The standard InChI is InChI=1S/C22H23F3N2O3/c1-21(29,12-3-13-28)20-14-19(15-4-6-16(7-5-15)22(23,24)25)27(26-20)17-8-10-18(30-2)11-9-17/h4-11,14,28-29H,3,12-13H2,1-2H3. The molecule has 3 rings (SSSR count). The van der Waals surface area contributed by atoms with Crippen LogP contribution in [0.3, 0.4) is 0 Å². The van der Waals surface area contributed by atoms with Gasteiger partial charge in [0.15, 0.2) is 0 Å². The van der Waals surface area contributed by atoms with Crippen LogP contribution in [0.1, 0.15) is 31.0 Å². The number of hydrogen-bond acceptors (Lipinski definition) is 4. The Hall–Kier alpha value is -2.84. The maximum atomic E-state index is 12.9. The average Bonchev–Trinajstić information content (AvgIpc) is 3.18. The Balaban J connectivity index is 2.09. The summed E-state index contributed by atoms with van der Waals surface area (Å²) in [6.07, 6.45) is -3.75. The van der Waals surface area contributed by atoms with E-state index in [-0.39, 0.29) is 13.0 Å². The molecule has 2 aromatic carbocycles. The van der Waals surface area contributed by atoms with E-state index in [0.717, 1.165) is 12.1 Å². The lowest BCUT2D eigenvalue weighted by Crippen LogP contribution is -2.22. The van der Waals surface area contributed by atoms with Gasteiger partial charge in [0.1, 0.15) is 11.4 Å². The van der Waals surface area contributed by atoms with Crippen molar-refractivity contribution >= 4 is 0 Å². The Bertz CT molecular complexity index is 978. The Morgan fingerprint density at radius 1 is 1.03 bits per heavy atom. The molecule has 2 N–H and O–H groups in total. The largest absolute Gasteiger partial charge is 0.497 e. The lowest BCUT2D eigenvalue weighted by molar-refractivity contribution is -0.137. The van der Waals surface area contributed by atoms with E-state index in [1.807, 2.05) is 0 Å². The van der Waals surface area contributed by atoms with Crippen LogP contribution in [-0.4, -0.2) is 33.7 Å². The second-order valence-electron chi connectivity index (χ2n) is 7.20. The number of halogens is 3. The van der Waals surface area contributed by atoms with Gasteiger partial charge in [0.25, 0.3) is 0 Å². The first kappa shape index (κ1) is 21.9. The van der Waals surface area contributed by atoms with Crippen LogP contribution in [0.25, 0.3) is 16.9 Å². The predicted molar refractivity (Wildman–Crippen MR) is 106 cm³/mol. The molecule has 1 atom stereocenters. The van der Waals surface area contributed by atoms with Crippen molar-refractivity contribution in [2.75, 3.05) is 13.7 Å². The lowest BCUT2D eigenvalue weighted by atomic mass is 9.95. The van der Waals surface area contributed by atoms with Crippen LogP contribution in [0.5, 0.6) is 5.75 Å². The van der Waals surface area contributed by atoms with Crippen molar-refractivity contribution < 1.29 is 28.1 Å². The summed E-state index contributed by atoms with van der Waals surface area (Å²) in [5.74, 6) is 0.650. The highest BCUT2D eigenvalue weighted by atomic mass is 19.4. The predicted octanol–water partition coefficient (Wildman–Crippen LogP) is 4.55. The molecular weight excluding hydrogens is 397 g/mol. The molecule has 0 saturated heterocycles. The van der Waals surface area contributed by atoms with Crippen LogP contribution in [0.2, 0.25) is 0 Å². The second kappa shape index (κ2) is 8.49. The fraction of sp³-hybridized carbons (Fsp3) is 0.318. The van der Waals surface area contributed by atoms with Gasteiger partial charge < -0.3 is 14.9 Å². The van der Waals surface area contributed by atoms with Gasteiger partial charge in [-0.2, -0.15) is 18.3 Å². The zero-order valence-electron chi connectivity index (χ0n) is 16.6. The number of methoxy groups -OCH3 is 1. The third kappa shape index (κ3) is 4.66. The number of nitrogens with zero attached hydrogens (tertiary/aromatic N) is 2. The fourth-order valence-corrected chi connectivity index (χ4v) is 3.15. The third-order valence-electron chi connectivity index (χ3n) is 4.91. The first-order chi connectivity index (χ1) is 14.2. The first-order valence-corrected chi connectivity index (χ1v) is 9.41. The number of aliphatic hydroxyl groups is 2. The highest BCUT2D eigenvalue weighted by Crippen LogP contribution is 2.34. The molecule has 1 aromatic heterocycles. The summed E-state index contributed by atoms with van der Waals surface area (Å²) in [7, 11) is 1.55. The Kier molecular flexibility index (Phi) is 6.19. The normalized spacial score (nSPS) is 13.8. The van der Waals surface area contributed by atoms with Gasteiger partial charge in [-0.1, -0.05) is 12.1 Å². The average molecular weight is 420 g/mol. The molecule has 0 aliphatic rings. The van der Waals surface area contributed by atoms with Crippen LogP contribution in [-0.2, 0) is 11.8 Å². The van der Waals surface area contributed by atoms with Gasteiger partial charge >= 0.3 is 6.18 Å². The molecule has 0 aliphatic carbocycles. The van der Waals surface area contributed by atoms with Gasteiger partial charge in [-0.15, -0.1) is 0 Å². The highest BCUT2D eigenvalue weighted by molar-refractivity contribution is 5.63. The molecule has 8 heteroatoms. The molecule has 0 fully saturated rings. The summed E-state index contributed by atoms with van der Waals surface area (Å²) < 4.78 is 45.5. The van der Waals surface area contributed by atoms with E-state index in [2.05, 4.69) is 5.10 Å². The molecule has 0 spiro atoms. The number of alkyl halides is 3. The Morgan fingerprint density at radius 2 is 1.67 bits per heavy atom. The molecule has 5 nitrogen and oxygen atoms in total. The van der Waals surface area contributed by atoms with Crippen molar-refractivity contribution in [1.82, 2.24) is 9.78 Å². The molecule has 1 heterocycles. The van der Waals surface area contributed by atoms with E-state index in [1.54, 1.807) is 49.0 Å². The molecular formula is C22H23F3N2O3. The zero-order valence-corrected chi connectivity index (χ0v) is 16.6. The minimum Gasteiger partial charge on any atom is -0.497 e. The summed E-state index contributed by atoms with van der Waals surface area (Å²) in [6.45, 7) is 1.53. The van der Waals surface area contributed by atoms with Crippen LogP contribution < -0.4 is 4.74 Å². The number of aromatic nitrogens is 2. The van der Waals surface area contributed by atoms with Crippen molar-refractivity contribution in [3.63, 3.8) is 0 Å². The van der Waals surface area contributed by atoms with Crippen molar-refractivity contribution in [2.24, 2.45) is 0 Å². The SMILES string of the molecule is COc1ccc(-n2nc(C(C)(O)CCCO)cc2-c2ccc(C(F)(F)F)cc2)cc1. The van der Waals surface area contributed by atoms with Gasteiger partial charge in [0.2, 0.25) is 0 Å². The summed E-state index contributed by atoms with van der Waals surface area (Å²) >= 11 is 0. The lowest BCUT2D eigenvalue weighted by Gasteiger charge is -2.20. The van der Waals surface area contributed by atoms with Gasteiger partial charge in [-0.3, -0.25) is 0 Å². The topological polar surface area (TPSA) is 67.5 Å². The molecule has 30 heavy (non-hydrogen) atoms. The molecule has 3 aromatic rings. The molecule has 0 amide bonds. The van der Waals surface area contributed by atoms with Crippen LogP contribution in [0, 0.1) is 0 Å². The number of hydrogen-bond donors (Lipinski definition) is 2. The van der Waals surface area contributed by atoms with Crippen LogP contribution in [0.4, 0.5) is 13.2 Å². The van der Waals surface area contributed by atoms with Gasteiger partial charge in [-0.25, -0.2) is 4.68 Å². The van der Waals surface area contributed by atoms with E-state index in [9.17, 15) is 18.3 Å².